The first-order chi connectivity index (χ1) is 4.34. The SMILES string of the molecule is N#CC1OCCCC1Br. The standard InChI is InChI=1S/C6H8BrNO/c7-5-2-1-3-9-6(5)4-8/h5-6H,1-3H2. The quantitative estimate of drug-likeness (QED) is 0.541. The summed E-state index contributed by atoms with van der Waals surface area (Å²) in [4.78, 5) is 0.247. The van der Waals surface area contributed by atoms with E-state index in [1.807, 2.05) is 0 Å². The maximum atomic E-state index is 8.46. The molecule has 2 atom stereocenters. The van der Waals surface area contributed by atoms with Gasteiger partial charge in [0.15, 0.2) is 6.10 Å². The fraction of sp³-hybridized carbons (Fsp3) is 0.833. The maximum absolute atomic E-state index is 8.46. The van der Waals surface area contributed by atoms with Gasteiger partial charge < -0.3 is 4.74 Å². The molecule has 1 saturated heterocycles. The van der Waals surface area contributed by atoms with Gasteiger partial charge >= 0.3 is 0 Å². The first-order valence-corrected chi connectivity index (χ1v) is 3.91. The first-order valence-electron chi connectivity index (χ1n) is 3.00. The van der Waals surface area contributed by atoms with Crippen molar-refractivity contribution in [2.45, 2.75) is 23.8 Å². The number of alkyl halides is 1. The molecule has 1 heterocycles. The second-order valence-corrected chi connectivity index (χ2v) is 3.25. The lowest BCUT2D eigenvalue weighted by atomic mass is 10.1. The zero-order valence-electron chi connectivity index (χ0n) is 5.01. The third kappa shape index (κ3) is 1.67. The second kappa shape index (κ2) is 3.19. The number of halogens is 1. The van der Waals surface area contributed by atoms with E-state index in [1.165, 1.54) is 0 Å². The van der Waals surface area contributed by atoms with E-state index in [2.05, 4.69) is 22.0 Å². The molecule has 0 aliphatic carbocycles. The van der Waals surface area contributed by atoms with Crippen LogP contribution in [0.25, 0.3) is 0 Å². The molecule has 9 heavy (non-hydrogen) atoms. The van der Waals surface area contributed by atoms with Gasteiger partial charge in [-0.2, -0.15) is 5.26 Å². The van der Waals surface area contributed by atoms with Gasteiger partial charge in [0.25, 0.3) is 0 Å². The van der Waals surface area contributed by atoms with Gasteiger partial charge in [-0.1, -0.05) is 15.9 Å². The Morgan fingerprint density at radius 2 is 2.44 bits per heavy atom. The normalized spacial score (nSPS) is 35.6. The Hall–Kier alpha value is -0.0700. The molecule has 2 nitrogen and oxygen atoms in total. The highest BCUT2D eigenvalue weighted by atomic mass is 79.9. The predicted molar refractivity (Wildman–Crippen MR) is 37.3 cm³/mol. The van der Waals surface area contributed by atoms with E-state index in [1.54, 1.807) is 0 Å². The largest absolute Gasteiger partial charge is 0.362 e. The van der Waals surface area contributed by atoms with Gasteiger partial charge in [-0.3, -0.25) is 0 Å². The molecule has 0 spiro atoms. The maximum Gasteiger partial charge on any atom is 0.156 e. The summed E-state index contributed by atoms with van der Waals surface area (Å²) in [6.07, 6.45) is 1.89. The van der Waals surface area contributed by atoms with Crippen molar-refractivity contribution in [1.82, 2.24) is 0 Å². The second-order valence-electron chi connectivity index (χ2n) is 2.08. The molecule has 0 bridgehead atoms. The highest BCUT2D eigenvalue weighted by Gasteiger charge is 2.22. The Kier molecular flexibility index (Phi) is 2.49. The van der Waals surface area contributed by atoms with E-state index in [0.717, 1.165) is 19.4 Å². The molecule has 1 fully saturated rings. The van der Waals surface area contributed by atoms with Crippen molar-refractivity contribution >= 4 is 15.9 Å². The van der Waals surface area contributed by atoms with E-state index >= 15 is 0 Å². The van der Waals surface area contributed by atoms with Crippen LogP contribution in [-0.4, -0.2) is 17.5 Å². The monoisotopic (exact) mass is 189 g/mol. The van der Waals surface area contributed by atoms with Gasteiger partial charge in [-0.05, 0) is 12.8 Å². The third-order valence-electron chi connectivity index (χ3n) is 1.38. The minimum atomic E-state index is -0.223. The number of hydrogen-bond acceptors (Lipinski definition) is 2. The van der Waals surface area contributed by atoms with Gasteiger partial charge in [0.1, 0.15) is 0 Å². The topological polar surface area (TPSA) is 33.0 Å². The van der Waals surface area contributed by atoms with Gasteiger partial charge in [0, 0.05) is 6.61 Å². The summed E-state index contributed by atoms with van der Waals surface area (Å²) >= 11 is 3.37. The lowest BCUT2D eigenvalue weighted by Crippen LogP contribution is -2.27. The fourth-order valence-corrected chi connectivity index (χ4v) is 1.46. The molecule has 0 amide bonds. The Bertz CT molecular complexity index is 132. The molecular formula is C6H8BrNO. The van der Waals surface area contributed by atoms with E-state index in [0.29, 0.717) is 0 Å². The molecule has 1 rings (SSSR count). The first kappa shape index (κ1) is 7.04. The van der Waals surface area contributed by atoms with E-state index in [4.69, 9.17) is 10.00 Å². The number of nitriles is 1. The molecule has 1 aliphatic rings. The van der Waals surface area contributed by atoms with E-state index < -0.39 is 0 Å². The van der Waals surface area contributed by atoms with Crippen LogP contribution in [0, 0.1) is 11.3 Å². The predicted octanol–water partition coefficient (Wildman–Crippen LogP) is 1.45. The molecule has 3 heteroatoms. The molecule has 0 saturated carbocycles. The van der Waals surface area contributed by atoms with E-state index in [-0.39, 0.29) is 10.9 Å². The molecule has 0 aromatic rings. The average Bonchev–Trinajstić information content (AvgIpc) is 1.89. The Morgan fingerprint density at radius 1 is 1.67 bits per heavy atom. The highest BCUT2D eigenvalue weighted by Crippen LogP contribution is 2.19. The van der Waals surface area contributed by atoms with Crippen molar-refractivity contribution in [1.29, 1.82) is 5.26 Å². The molecule has 0 aromatic carbocycles. The van der Waals surface area contributed by atoms with Crippen LogP contribution in [0.2, 0.25) is 0 Å². The van der Waals surface area contributed by atoms with Gasteiger partial charge in [-0.15, -0.1) is 0 Å². The van der Waals surface area contributed by atoms with E-state index in [9.17, 15) is 0 Å². The van der Waals surface area contributed by atoms with Gasteiger partial charge in [0.2, 0.25) is 0 Å². The minimum absolute atomic E-state index is 0.223. The van der Waals surface area contributed by atoms with Gasteiger partial charge in [-0.25, -0.2) is 0 Å². The smallest absolute Gasteiger partial charge is 0.156 e. The van der Waals surface area contributed by atoms with Crippen molar-refractivity contribution in [3.05, 3.63) is 0 Å². The van der Waals surface area contributed by atoms with Gasteiger partial charge in [0.05, 0.1) is 10.9 Å². The van der Waals surface area contributed by atoms with Crippen molar-refractivity contribution in [2.75, 3.05) is 6.61 Å². The zero-order chi connectivity index (χ0) is 6.69. The average molecular weight is 190 g/mol. The van der Waals surface area contributed by atoms with Crippen LogP contribution in [0.15, 0.2) is 0 Å². The lowest BCUT2D eigenvalue weighted by molar-refractivity contribution is 0.0578. The molecule has 0 aromatic heterocycles. The summed E-state index contributed by atoms with van der Waals surface area (Å²) in [7, 11) is 0. The third-order valence-corrected chi connectivity index (χ3v) is 2.32. The molecule has 1 aliphatic heterocycles. The number of nitrogens with zero attached hydrogens (tertiary/aromatic N) is 1. The van der Waals surface area contributed by atoms with Crippen molar-refractivity contribution < 1.29 is 4.74 Å². The minimum Gasteiger partial charge on any atom is -0.362 e. The summed E-state index contributed by atoms with van der Waals surface area (Å²) < 4.78 is 5.13. The summed E-state index contributed by atoms with van der Waals surface area (Å²) in [5.41, 5.74) is 0. The number of rotatable bonds is 0. The fourth-order valence-electron chi connectivity index (χ4n) is 0.863. The zero-order valence-corrected chi connectivity index (χ0v) is 6.60. The Labute approximate surface area is 62.9 Å². The van der Waals surface area contributed by atoms with Crippen molar-refractivity contribution in [3.63, 3.8) is 0 Å². The molecule has 50 valence electrons. The number of ether oxygens (including phenoxy) is 1. The summed E-state index contributed by atoms with van der Waals surface area (Å²) in [6, 6.07) is 2.08. The molecular weight excluding hydrogens is 182 g/mol. The van der Waals surface area contributed by atoms with Crippen LogP contribution in [-0.2, 0) is 4.74 Å². The van der Waals surface area contributed by atoms with Crippen molar-refractivity contribution in [2.24, 2.45) is 0 Å². The van der Waals surface area contributed by atoms with Crippen molar-refractivity contribution in [3.8, 4) is 6.07 Å². The molecule has 0 N–H and O–H groups in total. The Morgan fingerprint density at radius 3 is 2.89 bits per heavy atom. The number of hydrogen-bond donors (Lipinski definition) is 0. The van der Waals surface area contributed by atoms with Crippen LogP contribution >= 0.6 is 15.9 Å². The summed E-state index contributed by atoms with van der Waals surface area (Å²) in [5, 5.41) is 8.46. The molecule has 0 radical (unpaired) electrons. The molecule has 2 unspecified atom stereocenters. The van der Waals surface area contributed by atoms with Crippen LogP contribution in [0.1, 0.15) is 12.8 Å². The lowest BCUT2D eigenvalue weighted by Gasteiger charge is -2.21. The van der Waals surface area contributed by atoms with Crippen LogP contribution in [0.3, 0.4) is 0 Å². The van der Waals surface area contributed by atoms with Crippen LogP contribution in [0.5, 0.6) is 0 Å². The van der Waals surface area contributed by atoms with Crippen LogP contribution in [0.4, 0.5) is 0 Å². The highest BCUT2D eigenvalue weighted by molar-refractivity contribution is 9.09. The summed E-state index contributed by atoms with van der Waals surface area (Å²) in [5.74, 6) is 0. The summed E-state index contributed by atoms with van der Waals surface area (Å²) in [6.45, 7) is 0.736. The van der Waals surface area contributed by atoms with Crippen LogP contribution < -0.4 is 0 Å². The Balaban J connectivity index is 2.41.